The van der Waals surface area contributed by atoms with Gasteiger partial charge in [0.1, 0.15) is 11.8 Å². The van der Waals surface area contributed by atoms with Crippen LogP contribution in [0.2, 0.25) is 0 Å². The number of nitrogens with one attached hydrogen (secondary N) is 2. The van der Waals surface area contributed by atoms with Gasteiger partial charge in [-0.1, -0.05) is 0 Å². The van der Waals surface area contributed by atoms with Crippen molar-refractivity contribution in [1.29, 1.82) is 0 Å². The van der Waals surface area contributed by atoms with E-state index < -0.39 is 0 Å². The number of pyridine rings is 1. The first-order valence-corrected chi connectivity index (χ1v) is 9.57. The minimum absolute atomic E-state index is 0.0331. The van der Waals surface area contributed by atoms with E-state index in [0.29, 0.717) is 6.54 Å². The van der Waals surface area contributed by atoms with Crippen molar-refractivity contribution in [2.75, 3.05) is 43.5 Å². The number of fused-ring (bicyclic) bond motifs is 1. The van der Waals surface area contributed by atoms with Gasteiger partial charge in [-0.2, -0.15) is 0 Å². The number of piperazine rings is 1. The molecule has 3 heterocycles. The molecule has 2 aromatic heterocycles. The summed E-state index contributed by atoms with van der Waals surface area (Å²) in [6.45, 7) is 5.00. The third-order valence-corrected chi connectivity index (χ3v) is 5.06. The van der Waals surface area contributed by atoms with Crippen LogP contribution in [0.5, 0.6) is 5.75 Å². The average molecular weight is 379 g/mol. The van der Waals surface area contributed by atoms with Crippen LogP contribution in [0.1, 0.15) is 11.7 Å². The molecule has 28 heavy (non-hydrogen) atoms. The maximum Gasteiger partial charge on any atom is 0.250 e. The van der Waals surface area contributed by atoms with E-state index in [1.165, 1.54) is 0 Å². The summed E-state index contributed by atoms with van der Waals surface area (Å²) in [6.07, 6.45) is 3.62. The number of anilines is 2. The van der Waals surface area contributed by atoms with E-state index in [0.717, 1.165) is 47.8 Å². The summed E-state index contributed by atoms with van der Waals surface area (Å²) in [4.78, 5) is 19.9. The molecule has 1 aromatic carbocycles. The molecule has 1 saturated heterocycles. The Balaban J connectivity index is 1.57. The Morgan fingerprint density at radius 2 is 2.25 bits per heavy atom. The van der Waals surface area contributed by atoms with Crippen molar-refractivity contribution in [2.24, 2.45) is 0 Å². The Labute approximate surface area is 164 Å². The molecule has 0 amide bonds. The van der Waals surface area contributed by atoms with Gasteiger partial charge in [0.05, 0.1) is 18.3 Å². The van der Waals surface area contributed by atoms with E-state index in [9.17, 15) is 4.79 Å². The van der Waals surface area contributed by atoms with Gasteiger partial charge in [-0.05, 0) is 43.3 Å². The number of aromatic nitrogens is 2. The van der Waals surface area contributed by atoms with Crippen molar-refractivity contribution >= 4 is 28.3 Å². The first kappa shape index (κ1) is 18.3. The van der Waals surface area contributed by atoms with Crippen molar-refractivity contribution in [3.05, 3.63) is 48.8 Å². The predicted molar refractivity (Wildman–Crippen MR) is 112 cm³/mol. The molecule has 4 rings (SSSR count). The second-order valence-corrected chi connectivity index (χ2v) is 6.81. The van der Waals surface area contributed by atoms with Crippen LogP contribution in [0.25, 0.3) is 10.9 Å². The molecular weight excluding hydrogens is 354 g/mol. The smallest absolute Gasteiger partial charge is 0.250 e. The van der Waals surface area contributed by atoms with E-state index in [1.807, 2.05) is 42.6 Å². The van der Waals surface area contributed by atoms with Crippen LogP contribution in [0.3, 0.4) is 0 Å². The molecule has 0 spiro atoms. The van der Waals surface area contributed by atoms with E-state index >= 15 is 0 Å². The summed E-state index contributed by atoms with van der Waals surface area (Å²) in [5.74, 6) is 1.71. The second kappa shape index (κ2) is 7.90. The third-order valence-electron chi connectivity index (χ3n) is 5.06. The van der Waals surface area contributed by atoms with Gasteiger partial charge >= 0.3 is 0 Å². The predicted octanol–water partition coefficient (Wildman–Crippen LogP) is 2.60. The highest BCUT2D eigenvalue weighted by Crippen LogP contribution is 2.25. The summed E-state index contributed by atoms with van der Waals surface area (Å²) in [5, 5.41) is 7.70. The maximum absolute atomic E-state index is 13.2. The van der Waals surface area contributed by atoms with Crippen LogP contribution < -0.4 is 20.3 Å². The standard InChI is InChI=1S/C21H25N5O2/c1-3-22-17-5-4-9-24-20(17)25-12-10-23-18(14-25)21(27)26-11-8-15-13-16(28-2)6-7-19(15)26/h4-9,11,13,18,22-23H,3,10,12,14H2,1-2H3. The molecule has 1 unspecified atom stereocenters. The zero-order valence-corrected chi connectivity index (χ0v) is 16.2. The molecule has 7 heteroatoms. The molecule has 1 aliphatic heterocycles. The second-order valence-electron chi connectivity index (χ2n) is 6.81. The quantitative estimate of drug-likeness (QED) is 0.710. The third kappa shape index (κ3) is 3.41. The Morgan fingerprint density at radius 1 is 1.36 bits per heavy atom. The van der Waals surface area contributed by atoms with Crippen LogP contribution in [-0.4, -0.2) is 54.8 Å². The van der Waals surface area contributed by atoms with Crippen molar-refractivity contribution < 1.29 is 9.53 Å². The number of carbonyl (C=O) groups excluding carboxylic acids is 1. The maximum atomic E-state index is 13.2. The van der Waals surface area contributed by atoms with Gasteiger partial charge in [-0.25, -0.2) is 4.98 Å². The molecule has 146 valence electrons. The van der Waals surface area contributed by atoms with Crippen molar-refractivity contribution in [2.45, 2.75) is 13.0 Å². The largest absolute Gasteiger partial charge is 0.497 e. The van der Waals surface area contributed by atoms with Gasteiger partial charge in [-0.15, -0.1) is 0 Å². The number of hydrogen-bond acceptors (Lipinski definition) is 6. The Morgan fingerprint density at radius 3 is 3.07 bits per heavy atom. The molecule has 1 aliphatic rings. The van der Waals surface area contributed by atoms with Gasteiger partial charge in [0.15, 0.2) is 5.82 Å². The molecular formula is C21H25N5O2. The number of methoxy groups -OCH3 is 1. The highest BCUT2D eigenvalue weighted by molar-refractivity contribution is 5.96. The number of benzene rings is 1. The Bertz CT molecular complexity index is 984. The summed E-state index contributed by atoms with van der Waals surface area (Å²) in [5.41, 5.74) is 1.88. The molecule has 7 nitrogen and oxygen atoms in total. The number of hydrogen-bond donors (Lipinski definition) is 2. The van der Waals surface area contributed by atoms with Crippen LogP contribution >= 0.6 is 0 Å². The zero-order valence-electron chi connectivity index (χ0n) is 16.2. The SMILES string of the molecule is CCNc1cccnc1N1CCNC(C(=O)n2ccc3cc(OC)ccc32)C1. The lowest BCUT2D eigenvalue weighted by Crippen LogP contribution is -2.55. The van der Waals surface area contributed by atoms with E-state index in [-0.39, 0.29) is 11.9 Å². The fraction of sp³-hybridized carbons (Fsp3) is 0.333. The lowest BCUT2D eigenvalue weighted by molar-refractivity contribution is 0.0862. The molecule has 0 bridgehead atoms. The first-order valence-electron chi connectivity index (χ1n) is 9.57. The Kier molecular flexibility index (Phi) is 5.16. The van der Waals surface area contributed by atoms with Crippen LogP contribution in [-0.2, 0) is 0 Å². The van der Waals surface area contributed by atoms with Crippen molar-refractivity contribution in [3.8, 4) is 5.75 Å². The number of nitrogens with zero attached hydrogens (tertiary/aromatic N) is 3. The molecule has 0 radical (unpaired) electrons. The normalized spacial score (nSPS) is 16.9. The van der Waals surface area contributed by atoms with E-state index in [4.69, 9.17) is 4.74 Å². The molecule has 3 aromatic rings. The van der Waals surface area contributed by atoms with Gasteiger partial charge in [0.2, 0.25) is 5.91 Å². The lowest BCUT2D eigenvalue weighted by Gasteiger charge is -2.34. The minimum atomic E-state index is -0.303. The molecule has 0 aliphatic carbocycles. The van der Waals surface area contributed by atoms with Gasteiger partial charge in [-0.3, -0.25) is 9.36 Å². The Hall–Kier alpha value is -3.06. The summed E-state index contributed by atoms with van der Waals surface area (Å²) >= 11 is 0. The fourth-order valence-corrected chi connectivity index (χ4v) is 3.69. The molecule has 1 atom stereocenters. The molecule has 2 N–H and O–H groups in total. The highest BCUT2D eigenvalue weighted by Gasteiger charge is 2.28. The van der Waals surface area contributed by atoms with E-state index in [1.54, 1.807) is 17.9 Å². The van der Waals surface area contributed by atoms with Crippen LogP contribution in [0, 0.1) is 0 Å². The molecule has 0 saturated carbocycles. The molecule has 1 fully saturated rings. The van der Waals surface area contributed by atoms with Gasteiger partial charge in [0.25, 0.3) is 0 Å². The number of carbonyl (C=O) groups is 1. The van der Waals surface area contributed by atoms with Gasteiger partial charge in [0, 0.05) is 44.0 Å². The van der Waals surface area contributed by atoms with E-state index in [2.05, 4.69) is 27.4 Å². The van der Waals surface area contributed by atoms with Crippen molar-refractivity contribution in [1.82, 2.24) is 14.9 Å². The summed E-state index contributed by atoms with van der Waals surface area (Å²) in [6, 6.07) is 11.3. The van der Waals surface area contributed by atoms with Gasteiger partial charge < -0.3 is 20.3 Å². The monoisotopic (exact) mass is 379 g/mol. The average Bonchev–Trinajstić information content (AvgIpc) is 3.17. The highest BCUT2D eigenvalue weighted by atomic mass is 16.5. The minimum Gasteiger partial charge on any atom is -0.497 e. The topological polar surface area (TPSA) is 71.4 Å². The number of rotatable bonds is 5. The van der Waals surface area contributed by atoms with Crippen LogP contribution in [0.15, 0.2) is 48.8 Å². The zero-order chi connectivity index (χ0) is 19.5. The van der Waals surface area contributed by atoms with Crippen LogP contribution in [0.4, 0.5) is 11.5 Å². The number of ether oxygens (including phenoxy) is 1. The lowest BCUT2D eigenvalue weighted by atomic mass is 10.1. The summed E-state index contributed by atoms with van der Waals surface area (Å²) < 4.78 is 7.00. The summed E-state index contributed by atoms with van der Waals surface area (Å²) in [7, 11) is 1.64. The first-order chi connectivity index (χ1) is 13.7. The van der Waals surface area contributed by atoms with Crippen molar-refractivity contribution in [3.63, 3.8) is 0 Å². The fourth-order valence-electron chi connectivity index (χ4n) is 3.69.